The van der Waals surface area contributed by atoms with Crippen LogP contribution in [0.15, 0.2) is 0 Å². The van der Waals surface area contributed by atoms with E-state index in [-0.39, 0.29) is 37.1 Å². The zero-order chi connectivity index (χ0) is 21.5. The molecule has 0 saturated heterocycles. The lowest BCUT2D eigenvalue weighted by Crippen LogP contribution is -2.47. The summed E-state index contributed by atoms with van der Waals surface area (Å²) in [5.41, 5.74) is 0. The quantitative estimate of drug-likeness (QED) is 0.177. The minimum atomic E-state index is -1.78. The molecular weight excluding hydrogens is 473 g/mol. The van der Waals surface area contributed by atoms with Gasteiger partial charge in [0.25, 0.3) is 0 Å². The number of benzene rings is 1. The van der Waals surface area contributed by atoms with Crippen LogP contribution >= 0.6 is 58.0 Å². The molecule has 0 radical (unpaired) electrons. The molecule has 0 amide bonds. The van der Waals surface area contributed by atoms with Gasteiger partial charge < -0.3 is 30.3 Å². The predicted octanol–water partition coefficient (Wildman–Crippen LogP) is 1.85. The highest BCUT2D eigenvalue weighted by Crippen LogP contribution is 2.47. The highest BCUT2D eigenvalue weighted by Gasteiger charge is 2.32. The van der Waals surface area contributed by atoms with Crippen LogP contribution in [0.3, 0.4) is 0 Å². The fourth-order valence-electron chi connectivity index (χ4n) is 1.49. The van der Waals surface area contributed by atoms with Gasteiger partial charge in [-0.15, -0.1) is 0 Å². The fourth-order valence-corrected chi connectivity index (χ4v) is 2.62. The topological polar surface area (TPSA) is 145 Å². The Morgan fingerprint density at radius 2 is 1.37 bits per heavy atom. The van der Waals surface area contributed by atoms with Crippen molar-refractivity contribution in [3.63, 3.8) is 0 Å². The van der Waals surface area contributed by atoms with Crippen molar-refractivity contribution in [2.24, 2.45) is 0 Å². The number of ether oxygens (including phenoxy) is 1. The Bertz CT molecular complexity index is 566. The van der Waals surface area contributed by atoms with Crippen LogP contribution in [0.4, 0.5) is 0 Å². The van der Waals surface area contributed by atoms with E-state index in [1.54, 1.807) is 0 Å². The second kappa shape index (κ2) is 12.1. The van der Waals surface area contributed by atoms with E-state index >= 15 is 0 Å². The van der Waals surface area contributed by atoms with E-state index in [2.05, 4.69) is 4.74 Å². The molecule has 27 heavy (non-hydrogen) atoms. The maximum Gasteiger partial charge on any atom is 0.303 e. The third-order valence-corrected chi connectivity index (χ3v) is 5.15. The number of phenolic OH excluding ortho intramolecular Hbond substituents is 1. The van der Waals surface area contributed by atoms with E-state index in [0.29, 0.717) is 0 Å². The highest BCUT2D eigenvalue weighted by molar-refractivity contribution is 6.55. The monoisotopic (exact) mass is 486 g/mol. The smallest absolute Gasteiger partial charge is 0.303 e. The molecule has 1 aromatic carbocycles. The Balaban J connectivity index is 0.000000511. The zero-order valence-corrected chi connectivity index (χ0v) is 17.2. The predicted molar refractivity (Wildman–Crippen MR) is 99.9 cm³/mol. The summed E-state index contributed by atoms with van der Waals surface area (Å²) in [4.78, 5) is 20.9. The molecule has 0 bridgehead atoms. The molecule has 0 fully saturated rings. The van der Waals surface area contributed by atoms with Crippen molar-refractivity contribution in [1.82, 2.24) is 0 Å². The number of aliphatic hydroxyl groups is 4. The highest BCUT2D eigenvalue weighted by atomic mass is 35.5. The molecule has 8 nitrogen and oxygen atoms in total. The molecule has 0 heterocycles. The number of aromatic hydroxyl groups is 1. The minimum Gasteiger partial charge on any atom is -0.505 e. The maximum absolute atomic E-state index is 10.5. The van der Waals surface area contributed by atoms with Gasteiger partial charge in [-0.1, -0.05) is 58.0 Å². The molecule has 1 aromatic rings. The average Bonchev–Trinajstić information content (AvgIpc) is 2.65. The van der Waals surface area contributed by atoms with Crippen molar-refractivity contribution in [3.8, 4) is 5.75 Å². The van der Waals surface area contributed by atoms with E-state index in [9.17, 15) is 24.9 Å². The van der Waals surface area contributed by atoms with Crippen LogP contribution in [0, 0.1) is 0 Å². The number of rotatable bonds is 6. The number of aldehydes is 1. The molecule has 0 aliphatic carbocycles. The second-order valence-corrected chi connectivity index (χ2v) is 6.75. The van der Waals surface area contributed by atoms with E-state index in [1.165, 1.54) is 0 Å². The lowest BCUT2D eigenvalue weighted by Gasteiger charge is -2.24. The number of carbonyl (C=O) groups is 2. The van der Waals surface area contributed by atoms with Crippen LogP contribution in [-0.2, 0) is 14.3 Å². The molecule has 13 heteroatoms. The second-order valence-electron chi connectivity index (χ2n) is 4.86. The summed E-state index contributed by atoms with van der Waals surface area (Å²) in [6.07, 6.45) is -6.62. The number of esters is 1. The summed E-state index contributed by atoms with van der Waals surface area (Å²) in [5, 5.41) is 44.9. The molecule has 0 spiro atoms. The normalized spacial score (nSPS) is 15.0. The lowest BCUT2D eigenvalue weighted by atomic mass is 10.0. The number of carbonyl (C=O) groups excluding carboxylic acids is 2. The molecule has 154 valence electrons. The van der Waals surface area contributed by atoms with Gasteiger partial charge in [0.1, 0.15) is 28.4 Å². The summed E-state index contributed by atoms with van der Waals surface area (Å²) < 4.78 is 4.37. The standard InChI is InChI=1S/C8H14O7.C6HCl5O/c1-4(11)15-6(3-10)8(14)7(13)5(12)2-9;7-1-2(8)4(10)6(12)5(11)3(1)9/h3,5-9,12-14H,2H2,1H3;12H/t5-,6+,7-,8-;/m1./s1. The molecule has 1 rings (SSSR count). The van der Waals surface area contributed by atoms with Gasteiger partial charge in [0.05, 0.1) is 21.7 Å². The van der Waals surface area contributed by atoms with Crippen LogP contribution in [0.5, 0.6) is 5.75 Å². The SMILES string of the molecule is CC(=O)O[C@@H](C=O)[C@@H](O)[C@H](O)[C@H](O)CO.Oc1c(Cl)c(Cl)c(Cl)c(Cl)c1Cl. The number of hydrogen-bond acceptors (Lipinski definition) is 8. The Labute approximate surface area is 178 Å². The summed E-state index contributed by atoms with van der Waals surface area (Å²) in [7, 11) is 0. The first-order chi connectivity index (χ1) is 12.4. The Kier molecular flexibility index (Phi) is 11.9. The molecule has 0 aromatic heterocycles. The van der Waals surface area contributed by atoms with Gasteiger partial charge in [-0.05, 0) is 0 Å². The van der Waals surface area contributed by atoms with Gasteiger partial charge in [0, 0.05) is 6.92 Å². The van der Waals surface area contributed by atoms with E-state index in [0.717, 1.165) is 6.92 Å². The number of halogens is 5. The Hall–Kier alpha value is -0.550. The van der Waals surface area contributed by atoms with Crippen LogP contribution in [-0.4, -0.2) is 68.8 Å². The molecule has 0 saturated carbocycles. The summed E-state index contributed by atoms with van der Waals surface area (Å²) >= 11 is 27.9. The molecular formula is C14H15Cl5O8. The van der Waals surface area contributed by atoms with Crippen LogP contribution in [0.25, 0.3) is 0 Å². The third kappa shape index (κ3) is 7.41. The first kappa shape index (κ1) is 26.4. The van der Waals surface area contributed by atoms with Crippen molar-refractivity contribution < 1.29 is 39.9 Å². The zero-order valence-electron chi connectivity index (χ0n) is 13.4. The van der Waals surface area contributed by atoms with E-state index in [1.807, 2.05) is 0 Å². The fraction of sp³-hybridized carbons (Fsp3) is 0.429. The van der Waals surface area contributed by atoms with Gasteiger partial charge in [-0.25, -0.2) is 0 Å². The summed E-state index contributed by atoms with van der Waals surface area (Å²) in [6.45, 7) is 0.238. The van der Waals surface area contributed by atoms with E-state index in [4.69, 9.17) is 68.2 Å². The average molecular weight is 489 g/mol. The maximum atomic E-state index is 10.5. The lowest BCUT2D eigenvalue weighted by molar-refractivity contribution is -0.166. The van der Waals surface area contributed by atoms with Crippen molar-refractivity contribution >= 4 is 70.3 Å². The van der Waals surface area contributed by atoms with Crippen molar-refractivity contribution in [2.75, 3.05) is 6.61 Å². The van der Waals surface area contributed by atoms with Crippen LogP contribution in [0.1, 0.15) is 6.92 Å². The van der Waals surface area contributed by atoms with E-state index < -0.39 is 37.0 Å². The molecule has 5 N–H and O–H groups in total. The van der Waals surface area contributed by atoms with Gasteiger partial charge in [0.15, 0.2) is 18.1 Å². The minimum absolute atomic E-state index is 0.00904. The number of hydrogen-bond donors (Lipinski definition) is 5. The van der Waals surface area contributed by atoms with Crippen LogP contribution < -0.4 is 0 Å². The number of phenols is 1. The van der Waals surface area contributed by atoms with Gasteiger partial charge in [-0.3, -0.25) is 9.59 Å². The van der Waals surface area contributed by atoms with Gasteiger partial charge in [-0.2, -0.15) is 0 Å². The first-order valence-electron chi connectivity index (χ1n) is 6.88. The van der Waals surface area contributed by atoms with Crippen molar-refractivity contribution in [3.05, 3.63) is 25.1 Å². The third-order valence-electron chi connectivity index (χ3n) is 2.89. The number of aliphatic hydroxyl groups excluding tert-OH is 4. The van der Waals surface area contributed by atoms with Crippen LogP contribution in [0.2, 0.25) is 25.1 Å². The summed E-state index contributed by atoms with van der Waals surface area (Å²) in [5.74, 6) is -1.17. The Morgan fingerprint density at radius 1 is 0.963 bits per heavy atom. The largest absolute Gasteiger partial charge is 0.505 e. The van der Waals surface area contributed by atoms with Crippen molar-refractivity contribution in [2.45, 2.75) is 31.3 Å². The summed E-state index contributed by atoms with van der Waals surface area (Å²) in [6, 6.07) is 0. The molecule has 4 atom stereocenters. The van der Waals surface area contributed by atoms with Gasteiger partial charge in [0.2, 0.25) is 0 Å². The van der Waals surface area contributed by atoms with Gasteiger partial charge >= 0.3 is 5.97 Å². The first-order valence-corrected chi connectivity index (χ1v) is 8.77. The molecule has 0 aliphatic heterocycles. The Morgan fingerprint density at radius 3 is 1.70 bits per heavy atom. The van der Waals surface area contributed by atoms with Crippen molar-refractivity contribution in [1.29, 1.82) is 0 Å². The molecule has 0 aliphatic rings. The molecule has 0 unspecified atom stereocenters.